The van der Waals surface area contributed by atoms with Crippen LogP contribution in [0.1, 0.15) is 38.7 Å². The first-order valence-corrected chi connectivity index (χ1v) is 7.32. The normalized spacial score (nSPS) is 12.4. The number of ether oxygens (including phenoxy) is 1. The maximum Gasteiger partial charge on any atom is 0.119 e. The van der Waals surface area contributed by atoms with E-state index in [1.807, 2.05) is 12.1 Å². The van der Waals surface area contributed by atoms with Crippen LogP contribution in [0, 0.1) is 0 Å². The van der Waals surface area contributed by atoms with E-state index < -0.39 is 0 Å². The Balaban J connectivity index is 2.27. The Morgan fingerprint density at radius 2 is 1.89 bits per heavy atom. The second-order valence-corrected chi connectivity index (χ2v) is 4.94. The van der Waals surface area contributed by atoms with Gasteiger partial charge in [-0.3, -0.25) is 0 Å². The molecule has 0 aliphatic heterocycles. The maximum atomic E-state index is 8.68. The van der Waals surface area contributed by atoms with Crippen LogP contribution in [0.2, 0.25) is 0 Å². The van der Waals surface area contributed by atoms with Crippen molar-refractivity contribution in [2.45, 2.75) is 45.6 Å². The number of aliphatic hydroxyl groups excluding tert-OH is 1. The third-order valence-electron chi connectivity index (χ3n) is 3.09. The highest BCUT2D eigenvalue weighted by Crippen LogP contribution is 2.14. The summed E-state index contributed by atoms with van der Waals surface area (Å²) < 4.78 is 5.66. The van der Waals surface area contributed by atoms with Gasteiger partial charge < -0.3 is 15.2 Å². The second kappa shape index (κ2) is 9.82. The molecule has 0 aliphatic rings. The first kappa shape index (κ1) is 16.0. The van der Waals surface area contributed by atoms with E-state index in [9.17, 15) is 0 Å². The lowest BCUT2D eigenvalue weighted by Crippen LogP contribution is -2.27. The number of hydrogen-bond donors (Lipinski definition) is 2. The molecule has 2 N–H and O–H groups in total. The first-order chi connectivity index (χ1) is 9.26. The summed E-state index contributed by atoms with van der Waals surface area (Å²) in [6, 6.07) is 8.86. The third kappa shape index (κ3) is 7.19. The van der Waals surface area contributed by atoms with E-state index in [1.54, 1.807) is 0 Å². The predicted octanol–water partition coefficient (Wildman–Crippen LogP) is 2.77. The molecule has 0 spiro atoms. The van der Waals surface area contributed by atoms with Crippen LogP contribution in [0.5, 0.6) is 5.75 Å². The van der Waals surface area contributed by atoms with Gasteiger partial charge in [-0.05, 0) is 56.8 Å². The van der Waals surface area contributed by atoms with E-state index in [1.165, 1.54) is 5.56 Å². The first-order valence-electron chi connectivity index (χ1n) is 7.32. The fraction of sp³-hybridized carbons (Fsp3) is 0.625. The molecule has 19 heavy (non-hydrogen) atoms. The Labute approximate surface area is 117 Å². The zero-order valence-corrected chi connectivity index (χ0v) is 12.2. The monoisotopic (exact) mass is 265 g/mol. The molecule has 0 radical (unpaired) electrons. The lowest BCUT2D eigenvalue weighted by Gasteiger charge is -2.12. The SMILES string of the molecule is CCNC(C)Cc1ccc(OCCCCCO)cc1. The topological polar surface area (TPSA) is 41.5 Å². The van der Waals surface area contributed by atoms with Crippen molar-refractivity contribution in [3.8, 4) is 5.75 Å². The summed E-state index contributed by atoms with van der Waals surface area (Å²) in [7, 11) is 0. The molecule has 0 fully saturated rings. The predicted molar refractivity (Wildman–Crippen MR) is 79.7 cm³/mol. The third-order valence-corrected chi connectivity index (χ3v) is 3.09. The molecular weight excluding hydrogens is 238 g/mol. The summed E-state index contributed by atoms with van der Waals surface area (Å²) in [6.07, 6.45) is 3.93. The Morgan fingerprint density at radius 3 is 2.53 bits per heavy atom. The van der Waals surface area contributed by atoms with Crippen molar-refractivity contribution in [3.63, 3.8) is 0 Å². The quantitative estimate of drug-likeness (QED) is 0.639. The summed E-state index contributed by atoms with van der Waals surface area (Å²) in [6.45, 7) is 6.35. The summed E-state index contributed by atoms with van der Waals surface area (Å²) >= 11 is 0. The van der Waals surface area contributed by atoms with Gasteiger partial charge in [0, 0.05) is 12.6 Å². The van der Waals surface area contributed by atoms with Gasteiger partial charge in [0.25, 0.3) is 0 Å². The minimum Gasteiger partial charge on any atom is -0.494 e. The van der Waals surface area contributed by atoms with Crippen molar-refractivity contribution in [1.29, 1.82) is 0 Å². The molecular formula is C16H27NO2. The van der Waals surface area contributed by atoms with Gasteiger partial charge in [-0.15, -0.1) is 0 Å². The zero-order valence-electron chi connectivity index (χ0n) is 12.2. The number of rotatable bonds is 10. The maximum absolute atomic E-state index is 8.68. The highest BCUT2D eigenvalue weighted by atomic mass is 16.5. The van der Waals surface area contributed by atoms with Crippen molar-refractivity contribution in [3.05, 3.63) is 29.8 Å². The van der Waals surface area contributed by atoms with Crippen molar-refractivity contribution in [2.24, 2.45) is 0 Å². The van der Waals surface area contributed by atoms with Crippen LogP contribution in [0.25, 0.3) is 0 Å². The highest BCUT2D eigenvalue weighted by molar-refractivity contribution is 5.27. The second-order valence-electron chi connectivity index (χ2n) is 4.94. The molecule has 3 nitrogen and oxygen atoms in total. The number of unbranched alkanes of at least 4 members (excludes halogenated alkanes) is 2. The molecule has 1 atom stereocenters. The fourth-order valence-electron chi connectivity index (χ4n) is 2.08. The number of aliphatic hydroxyl groups is 1. The molecule has 1 aromatic rings. The van der Waals surface area contributed by atoms with Gasteiger partial charge in [0.2, 0.25) is 0 Å². The van der Waals surface area contributed by atoms with E-state index in [0.29, 0.717) is 6.04 Å². The van der Waals surface area contributed by atoms with Crippen LogP contribution >= 0.6 is 0 Å². The summed E-state index contributed by atoms with van der Waals surface area (Å²) in [4.78, 5) is 0. The fourth-order valence-corrected chi connectivity index (χ4v) is 2.08. The summed E-state index contributed by atoms with van der Waals surface area (Å²) in [5, 5.41) is 12.1. The summed E-state index contributed by atoms with van der Waals surface area (Å²) in [5.74, 6) is 0.934. The molecule has 1 rings (SSSR count). The smallest absolute Gasteiger partial charge is 0.119 e. The van der Waals surface area contributed by atoms with Gasteiger partial charge in [-0.2, -0.15) is 0 Å². The number of benzene rings is 1. The Morgan fingerprint density at radius 1 is 1.16 bits per heavy atom. The molecule has 0 amide bonds. The van der Waals surface area contributed by atoms with Crippen molar-refractivity contribution in [2.75, 3.05) is 19.8 Å². The lowest BCUT2D eigenvalue weighted by molar-refractivity contribution is 0.266. The van der Waals surface area contributed by atoms with Crippen molar-refractivity contribution in [1.82, 2.24) is 5.32 Å². The molecule has 1 aromatic carbocycles. The van der Waals surface area contributed by atoms with Crippen LogP contribution in [-0.2, 0) is 6.42 Å². The van der Waals surface area contributed by atoms with E-state index in [4.69, 9.17) is 9.84 Å². The van der Waals surface area contributed by atoms with Gasteiger partial charge in [0.05, 0.1) is 6.61 Å². The van der Waals surface area contributed by atoms with Gasteiger partial charge >= 0.3 is 0 Å². The van der Waals surface area contributed by atoms with E-state index in [0.717, 1.165) is 44.6 Å². The molecule has 3 heteroatoms. The number of hydrogen-bond acceptors (Lipinski definition) is 3. The van der Waals surface area contributed by atoms with Crippen LogP contribution < -0.4 is 10.1 Å². The van der Waals surface area contributed by atoms with Crippen LogP contribution in [0.3, 0.4) is 0 Å². The minimum atomic E-state index is 0.276. The highest BCUT2D eigenvalue weighted by Gasteiger charge is 2.02. The Hall–Kier alpha value is -1.06. The number of nitrogens with one attached hydrogen (secondary N) is 1. The molecule has 0 saturated heterocycles. The Bertz CT molecular complexity index is 324. The van der Waals surface area contributed by atoms with Crippen LogP contribution in [-0.4, -0.2) is 30.9 Å². The van der Waals surface area contributed by atoms with Crippen molar-refractivity contribution >= 4 is 0 Å². The zero-order chi connectivity index (χ0) is 13.9. The largest absolute Gasteiger partial charge is 0.494 e. The van der Waals surface area contributed by atoms with Gasteiger partial charge in [-0.25, -0.2) is 0 Å². The van der Waals surface area contributed by atoms with E-state index >= 15 is 0 Å². The molecule has 0 saturated carbocycles. The molecule has 0 heterocycles. The van der Waals surface area contributed by atoms with E-state index in [2.05, 4.69) is 31.3 Å². The average molecular weight is 265 g/mol. The molecule has 1 unspecified atom stereocenters. The van der Waals surface area contributed by atoms with Gasteiger partial charge in [-0.1, -0.05) is 19.1 Å². The van der Waals surface area contributed by atoms with E-state index in [-0.39, 0.29) is 6.61 Å². The average Bonchev–Trinajstić information content (AvgIpc) is 2.41. The Kier molecular flexibility index (Phi) is 8.26. The number of likely N-dealkylation sites (N-methyl/N-ethyl adjacent to an activating group) is 1. The molecule has 0 aliphatic carbocycles. The summed E-state index contributed by atoms with van der Waals surface area (Å²) in [5.41, 5.74) is 1.33. The minimum absolute atomic E-state index is 0.276. The standard InChI is InChI=1S/C16H27NO2/c1-3-17-14(2)13-15-7-9-16(10-8-15)19-12-6-4-5-11-18/h7-10,14,17-18H,3-6,11-13H2,1-2H3. The van der Waals surface area contributed by atoms with Crippen LogP contribution in [0.15, 0.2) is 24.3 Å². The molecule has 108 valence electrons. The van der Waals surface area contributed by atoms with Crippen molar-refractivity contribution < 1.29 is 9.84 Å². The molecule has 0 bridgehead atoms. The van der Waals surface area contributed by atoms with Crippen LogP contribution in [0.4, 0.5) is 0 Å². The van der Waals surface area contributed by atoms with Gasteiger partial charge in [0.15, 0.2) is 0 Å². The molecule has 0 aromatic heterocycles. The van der Waals surface area contributed by atoms with Gasteiger partial charge in [0.1, 0.15) is 5.75 Å². The lowest BCUT2D eigenvalue weighted by atomic mass is 10.1.